The molecule has 0 bridgehead atoms. The summed E-state index contributed by atoms with van der Waals surface area (Å²) in [6.45, 7) is 4.09. The molecule has 0 unspecified atom stereocenters. The van der Waals surface area contributed by atoms with Crippen LogP contribution in [0.5, 0.6) is 0 Å². The number of amides is 1. The van der Waals surface area contributed by atoms with Gasteiger partial charge in [-0.3, -0.25) is 19.7 Å². The van der Waals surface area contributed by atoms with Crippen molar-refractivity contribution in [3.63, 3.8) is 0 Å². The van der Waals surface area contributed by atoms with Gasteiger partial charge in [0.15, 0.2) is 0 Å². The maximum Gasteiger partial charge on any atom is 0.270 e. The fourth-order valence-electron chi connectivity index (χ4n) is 2.62. The second-order valence-electron chi connectivity index (χ2n) is 5.68. The van der Waals surface area contributed by atoms with Crippen molar-refractivity contribution in [2.24, 2.45) is 5.73 Å². The third-order valence-corrected chi connectivity index (χ3v) is 4.41. The highest BCUT2D eigenvalue weighted by Gasteiger charge is 2.28. The summed E-state index contributed by atoms with van der Waals surface area (Å²) in [5.41, 5.74) is 5.07. The Labute approximate surface area is 150 Å². The Bertz CT molecular complexity index is 837. The first-order valence-corrected chi connectivity index (χ1v) is 7.70. The molecule has 0 saturated carbocycles. The summed E-state index contributed by atoms with van der Waals surface area (Å²) < 4.78 is 0. The second-order valence-corrected chi connectivity index (χ2v) is 5.68. The van der Waals surface area contributed by atoms with Gasteiger partial charge in [-0.1, -0.05) is 13.8 Å². The molecule has 25 heavy (non-hydrogen) atoms. The van der Waals surface area contributed by atoms with Gasteiger partial charge in [0.25, 0.3) is 11.6 Å². The van der Waals surface area contributed by atoms with Crippen molar-refractivity contribution < 1.29 is 9.72 Å². The summed E-state index contributed by atoms with van der Waals surface area (Å²) in [6, 6.07) is 5.12. The molecule has 0 radical (unpaired) electrons. The van der Waals surface area contributed by atoms with Crippen LogP contribution in [0, 0.1) is 10.1 Å². The Morgan fingerprint density at radius 1 is 1.32 bits per heavy atom. The number of nitro groups is 1. The number of carbonyl (C=O) groups excluding carboxylic acids is 1. The number of aromatic nitrogens is 1. The molecule has 1 aromatic heterocycles. The molecule has 2 aromatic rings. The van der Waals surface area contributed by atoms with Crippen molar-refractivity contribution in [1.29, 1.82) is 0 Å². The zero-order valence-corrected chi connectivity index (χ0v) is 14.8. The number of hydrogen-bond donors (Lipinski definition) is 3. The lowest BCUT2D eigenvalue weighted by atomic mass is 9.92. The molecule has 1 heterocycles. The normalized spacial score (nSPS) is 11.0. The van der Waals surface area contributed by atoms with Crippen LogP contribution in [0.2, 0.25) is 0 Å². The maximum atomic E-state index is 12.7. The van der Waals surface area contributed by atoms with E-state index >= 15 is 0 Å². The molecule has 8 nitrogen and oxygen atoms in total. The number of nitrogens with zero attached hydrogens (tertiary/aromatic N) is 1. The maximum absolute atomic E-state index is 12.7. The first-order chi connectivity index (χ1) is 11.4. The van der Waals surface area contributed by atoms with Gasteiger partial charge in [-0.25, -0.2) is 0 Å². The number of benzene rings is 1. The highest BCUT2D eigenvalue weighted by molar-refractivity contribution is 6.06. The van der Waals surface area contributed by atoms with Gasteiger partial charge >= 0.3 is 0 Å². The Balaban J connectivity index is 0.00000312. The van der Waals surface area contributed by atoms with E-state index in [4.69, 9.17) is 5.73 Å². The summed E-state index contributed by atoms with van der Waals surface area (Å²) in [4.78, 5) is 37.5. The lowest BCUT2D eigenvalue weighted by molar-refractivity contribution is -0.384. The van der Waals surface area contributed by atoms with Crippen molar-refractivity contribution in [2.75, 3.05) is 6.54 Å². The van der Waals surface area contributed by atoms with E-state index < -0.39 is 21.9 Å². The molecule has 0 aliphatic heterocycles. The first-order valence-electron chi connectivity index (χ1n) is 7.70. The summed E-state index contributed by atoms with van der Waals surface area (Å²) in [6.07, 6.45) is 1.26. The number of hydrogen-bond acceptors (Lipinski definition) is 5. The summed E-state index contributed by atoms with van der Waals surface area (Å²) in [5, 5.41) is 14.2. The quantitative estimate of drug-likeness (QED) is 0.530. The Morgan fingerprint density at radius 2 is 1.96 bits per heavy atom. The Morgan fingerprint density at radius 3 is 2.48 bits per heavy atom. The number of fused-ring (bicyclic) bond motifs is 1. The molecule has 136 valence electrons. The van der Waals surface area contributed by atoms with Crippen LogP contribution in [-0.2, 0) is 0 Å². The van der Waals surface area contributed by atoms with Crippen molar-refractivity contribution in [1.82, 2.24) is 10.3 Å². The minimum atomic E-state index is -0.577. The fraction of sp³-hybridized carbons (Fsp3) is 0.375. The zero-order chi connectivity index (χ0) is 17.9. The van der Waals surface area contributed by atoms with Crippen LogP contribution in [0.1, 0.15) is 37.0 Å². The monoisotopic (exact) mass is 368 g/mol. The molecule has 1 amide bonds. The predicted molar refractivity (Wildman–Crippen MR) is 98.3 cm³/mol. The van der Waals surface area contributed by atoms with Crippen LogP contribution >= 0.6 is 12.4 Å². The van der Waals surface area contributed by atoms with E-state index in [0.717, 1.165) is 6.07 Å². The van der Waals surface area contributed by atoms with Crippen LogP contribution in [-0.4, -0.2) is 27.9 Å². The van der Waals surface area contributed by atoms with Crippen LogP contribution < -0.4 is 16.6 Å². The summed E-state index contributed by atoms with van der Waals surface area (Å²) in [7, 11) is 0. The number of pyridine rings is 1. The van der Waals surface area contributed by atoms with Crippen LogP contribution in [0.4, 0.5) is 5.69 Å². The van der Waals surface area contributed by atoms with E-state index in [1.54, 1.807) is 0 Å². The number of rotatable bonds is 6. The largest absolute Gasteiger partial charge is 0.345 e. The van der Waals surface area contributed by atoms with Gasteiger partial charge in [0, 0.05) is 35.6 Å². The number of nitro benzene ring substituents is 1. The van der Waals surface area contributed by atoms with Crippen molar-refractivity contribution in [3.8, 4) is 0 Å². The molecule has 0 atom stereocenters. The number of nitrogens with two attached hydrogens (primary N) is 1. The lowest BCUT2D eigenvalue weighted by Crippen LogP contribution is -2.53. The smallest absolute Gasteiger partial charge is 0.270 e. The fourth-order valence-corrected chi connectivity index (χ4v) is 2.62. The average molecular weight is 369 g/mol. The van der Waals surface area contributed by atoms with Gasteiger partial charge < -0.3 is 16.0 Å². The number of aromatic amines is 1. The van der Waals surface area contributed by atoms with E-state index in [1.807, 2.05) is 13.8 Å². The molecule has 0 fully saturated rings. The van der Waals surface area contributed by atoms with Gasteiger partial charge in [0.05, 0.1) is 16.0 Å². The van der Waals surface area contributed by atoms with Gasteiger partial charge in [-0.05, 0) is 18.9 Å². The summed E-state index contributed by atoms with van der Waals surface area (Å²) in [5.74, 6) is -0.472. The number of non-ortho nitro benzene ring substituents is 1. The lowest BCUT2D eigenvalue weighted by Gasteiger charge is -2.31. The van der Waals surface area contributed by atoms with E-state index in [9.17, 15) is 19.7 Å². The van der Waals surface area contributed by atoms with E-state index in [-0.39, 0.29) is 30.2 Å². The number of carbonyl (C=O) groups is 1. The van der Waals surface area contributed by atoms with Crippen molar-refractivity contribution in [3.05, 3.63) is 50.3 Å². The standard InChI is InChI=1S/C16H20N4O4.ClH/c1-3-16(4-2,9-17)19-15(22)12-8-14(21)18-13-6-5-10(20(23)24)7-11(12)13;/h5-8H,3-4,9,17H2,1-2H3,(H,18,21)(H,19,22);1H. The van der Waals surface area contributed by atoms with Gasteiger partial charge in [0.1, 0.15) is 0 Å². The molecule has 0 spiro atoms. The van der Waals surface area contributed by atoms with Crippen LogP contribution in [0.3, 0.4) is 0 Å². The second kappa shape index (κ2) is 8.09. The highest BCUT2D eigenvalue weighted by atomic mass is 35.5. The van der Waals surface area contributed by atoms with Gasteiger partial charge in [-0.2, -0.15) is 0 Å². The molecule has 0 aliphatic carbocycles. The van der Waals surface area contributed by atoms with E-state index in [1.165, 1.54) is 18.2 Å². The molecule has 0 saturated heterocycles. The molecule has 4 N–H and O–H groups in total. The third-order valence-electron chi connectivity index (χ3n) is 4.41. The Kier molecular flexibility index (Phi) is 6.66. The van der Waals surface area contributed by atoms with Gasteiger partial charge in [-0.15, -0.1) is 12.4 Å². The summed E-state index contributed by atoms with van der Waals surface area (Å²) >= 11 is 0. The zero-order valence-electron chi connectivity index (χ0n) is 14.0. The van der Waals surface area contributed by atoms with Gasteiger partial charge in [0.2, 0.25) is 5.56 Å². The van der Waals surface area contributed by atoms with E-state index in [2.05, 4.69) is 10.3 Å². The predicted octanol–water partition coefficient (Wildman–Crippen LogP) is 2.11. The highest BCUT2D eigenvalue weighted by Crippen LogP contribution is 2.23. The third kappa shape index (κ3) is 4.15. The van der Waals surface area contributed by atoms with Crippen molar-refractivity contribution >= 4 is 34.9 Å². The molecular weight excluding hydrogens is 348 g/mol. The first kappa shape index (κ1) is 20.6. The number of nitrogens with one attached hydrogen (secondary N) is 2. The number of halogens is 1. The van der Waals surface area contributed by atoms with Crippen LogP contribution in [0.15, 0.2) is 29.1 Å². The van der Waals surface area contributed by atoms with Crippen LogP contribution in [0.25, 0.3) is 10.9 Å². The molecule has 2 rings (SSSR count). The molecule has 0 aliphatic rings. The van der Waals surface area contributed by atoms with Crippen molar-refractivity contribution in [2.45, 2.75) is 32.2 Å². The molecular formula is C16H21ClN4O4. The number of H-pyrrole nitrogens is 1. The topological polar surface area (TPSA) is 131 Å². The minimum absolute atomic E-state index is 0. The average Bonchev–Trinajstić information content (AvgIpc) is 2.58. The SMILES string of the molecule is CCC(CC)(CN)NC(=O)c1cc(=O)[nH]c2ccc([N+](=O)[O-])cc12.Cl. The molecule has 1 aromatic carbocycles. The molecule has 9 heteroatoms. The minimum Gasteiger partial charge on any atom is -0.345 e. The Hall–Kier alpha value is -2.45. The van der Waals surface area contributed by atoms with E-state index in [0.29, 0.717) is 23.7 Å².